The Hall–Kier alpha value is -2.83. The first-order valence-electron chi connectivity index (χ1n) is 7.34. The summed E-state index contributed by atoms with van der Waals surface area (Å²) < 4.78 is 0. The van der Waals surface area contributed by atoms with Gasteiger partial charge in [-0.3, -0.25) is 9.59 Å². The van der Waals surface area contributed by atoms with E-state index in [1.165, 1.54) is 6.08 Å². The Morgan fingerprint density at radius 3 is 2.48 bits per heavy atom. The molecule has 0 bridgehead atoms. The molecule has 0 unspecified atom stereocenters. The number of anilines is 1. The van der Waals surface area contributed by atoms with Gasteiger partial charge in [-0.25, -0.2) is 4.79 Å². The summed E-state index contributed by atoms with van der Waals surface area (Å²) in [5.41, 5.74) is 6.73. The number of primary amides is 1. The first-order chi connectivity index (χ1) is 11.0. The maximum Gasteiger partial charge on any atom is 0.312 e. The number of aryl methyl sites for hydroxylation is 1. The molecule has 0 saturated carbocycles. The Labute approximate surface area is 134 Å². The standard InChI is InChI=1S/C16H20N4O3/c1-2-14(21)18-12-6-3-11(4-7-12)5-8-15(22)20-9-13(10-20)19-16(17)23/h2-4,6-7,13H,1,5,8-10H2,(H,18,21)(H3,17,19,23). The number of nitrogens with two attached hydrogens (primary N) is 1. The zero-order chi connectivity index (χ0) is 16.8. The minimum absolute atomic E-state index is 0.0378. The van der Waals surface area contributed by atoms with E-state index in [2.05, 4.69) is 17.2 Å². The Morgan fingerprint density at radius 1 is 1.26 bits per heavy atom. The van der Waals surface area contributed by atoms with E-state index in [1.54, 1.807) is 17.0 Å². The first-order valence-corrected chi connectivity index (χ1v) is 7.34. The number of carbonyl (C=O) groups is 3. The van der Waals surface area contributed by atoms with Crippen LogP contribution in [0.25, 0.3) is 0 Å². The van der Waals surface area contributed by atoms with Crippen LogP contribution < -0.4 is 16.4 Å². The lowest BCUT2D eigenvalue weighted by Gasteiger charge is -2.39. The van der Waals surface area contributed by atoms with Crippen molar-refractivity contribution in [3.05, 3.63) is 42.5 Å². The van der Waals surface area contributed by atoms with Gasteiger partial charge in [0.25, 0.3) is 0 Å². The van der Waals surface area contributed by atoms with Crippen LogP contribution in [0.5, 0.6) is 0 Å². The largest absolute Gasteiger partial charge is 0.352 e. The first kappa shape index (κ1) is 16.5. The molecule has 7 heteroatoms. The lowest BCUT2D eigenvalue weighted by molar-refractivity contribution is -0.135. The van der Waals surface area contributed by atoms with E-state index in [0.29, 0.717) is 31.6 Å². The molecule has 1 aliphatic rings. The van der Waals surface area contributed by atoms with Crippen molar-refractivity contribution in [3.8, 4) is 0 Å². The monoisotopic (exact) mass is 316 g/mol. The molecule has 1 aliphatic heterocycles. The number of rotatable bonds is 6. The van der Waals surface area contributed by atoms with Crippen molar-refractivity contribution in [1.29, 1.82) is 0 Å². The van der Waals surface area contributed by atoms with Crippen LogP contribution in [0.15, 0.2) is 36.9 Å². The SMILES string of the molecule is C=CC(=O)Nc1ccc(CCC(=O)N2CC(NC(N)=O)C2)cc1. The maximum atomic E-state index is 12.0. The predicted octanol–water partition coefficient (Wildman–Crippen LogP) is 0.623. The Balaban J connectivity index is 1.73. The molecule has 1 saturated heterocycles. The highest BCUT2D eigenvalue weighted by molar-refractivity contribution is 5.98. The number of nitrogens with zero attached hydrogens (tertiary/aromatic N) is 1. The van der Waals surface area contributed by atoms with Crippen molar-refractivity contribution in [2.24, 2.45) is 5.73 Å². The van der Waals surface area contributed by atoms with Crippen molar-refractivity contribution in [2.45, 2.75) is 18.9 Å². The highest BCUT2D eigenvalue weighted by Crippen LogP contribution is 2.14. The van der Waals surface area contributed by atoms with Crippen LogP contribution in [0.4, 0.5) is 10.5 Å². The van der Waals surface area contributed by atoms with E-state index in [1.807, 2.05) is 12.1 Å². The third kappa shape index (κ3) is 4.84. The fourth-order valence-electron chi connectivity index (χ4n) is 2.33. The predicted molar refractivity (Wildman–Crippen MR) is 86.7 cm³/mol. The molecule has 7 nitrogen and oxygen atoms in total. The smallest absolute Gasteiger partial charge is 0.312 e. The Bertz CT molecular complexity index is 606. The zero-order valence-corrected chi connectivity index (χ0v) is 12.7. The van der Waals surface area contributed by atoms with Crippen molar-refractivity contribution < 1.29 is 14.4 Å². The van der Waals surface area contributed by atoms with Crippen LogP contribution in [-0.4, -0.2) is 41.9 Å². The number of hydrogen-bond donors (Lipinski definition) is 3. The summed E-state index contributed by atoms with van der Waals surface area (Å²) in [6.07, 6.45) is 2.24. The number of benzene rings is 1. The van der Waals surface area contributed by atoms with E-state index in [0.717, 1.165) is 5.56 Å². The van der Waals surface area contributed by atoms with Crippen molar-refractivity contribution in [3.63, 3.8) is 0 Å². The van der Waals surface area contributed by atoms with E-state index in [4.69, 9.17) is 5.73 Å². The van der Waals surface area contributed by atoms with Gasteiger partial charge in [0.1, 0.15) is 0 Å². The maximum absolute atomic E-state index is 12.0. The average Bonchev–Trinajstić information content (AvgIpc) is 2.49. The highest BCUT2D eigenvalue weighted by Gasteiger charge is 2.30. The van der Waals surface area contributed by atoms with Crippen LogP contribution in [0.2, 0.25) is 0 Å². The van der Waals surface area contributed by atoms with Crippen LogP contribution in [0.3, 0.4) is 0 Å². The fraction of sp³-hybridized carbons (Fsp3) is 0.312. The topological polar surface area (TPSA) is 105 Å². The number of urea groups is 1. The molecular formula is C16H20N4O3. The third-order valence-electron chi connectivity index (χ3n) is 3.62. The zero-order valence-electron chi connectivity index (χ0n) is 12.7. The second-order valence-corrected chi connectivity index (χ2v) is 5.39. The van der Waals surface area contributed by atoms with E-state index >= 15 is 0 Å². The molecule has 1 heterocycles. The molecule has 1 aromatic rings. The van der Waals surface area contributed by atoms with Gasteiger partial charge in [0, 0.05) is 25.2 Å². The molecule has 2 rings (SSSR count). The number of likely N-dealkylation sites (tertiary alicyclic amines) is 1. The second kappa shape index (κ2) is 7.44. The Kier molecular flexibility index (Phi) is 5.35. The number of amides is 4. The van der Waals surface area contributed by atoms with Gasteiger partial charge in [-0.15, -0.1) is 0 Å². The number of carbonyl (C=O) groups excluding carboxylic acids is 3. The molecule has 122 valence electrons. The van der Waals surface area contributed by atoms with Crippen LogP contribution in [-0.2, 0) is 16.0 Å². The number of hydrogen-bond acceptors (Lipinski definition) is 3. The van der Waals surface area contributed by atoms with Gasteiger partial charge in [-0.1, -0.05) is 18.7 Å². The molecule has 4 amide bonds. The summed E-state index contributed by atoms with van der Waals surface area (Å²) >= 11 is 0. The summed E-state index contributed by atoms with van der Waals surface area (Å²) in [4.78, 5) is 35.5. The van der Waals surface area contributed by atoms with Gasteiger partial charge >= 0.3 is 6.03 Å². The molecule has 0 aliphatic carbocycles. The summed E-state index contributed by atoms with van der Waals surface area (Å²) in [6.45, 7) is 4.41. The van der Waals surface area contributed by atoms with Crippen molar-refractivity contribution in [2.75, 3.05) is 18.4 Å². The average molecular weight is 316 g/mol. The van der Waals surface area contributed by atoms with E-state index in [-0.39, 0.29) is 17.9 Å². The Morgan fingerprint density at radius 2 is 1.91 bits per heavy atom. The summed E-state index contributed by atoms with van der Waals surface area (Å²) in [6, 6.07) is 6.73. The second-order valence-electron chi connectivity index (χ2n) is 5.39. The normalized spacial score (nSPS) is 13.8. The number of nitrogens with one attached hydrogen (secondary N) is 2. The third-order valence-corrected chi connectivity index (χ3v) is 3.62. The van der Waals surface area contributed by atoms with Gasteiger partial charge in [0.2, 0.25) is 11.8 Å². The molecule has 4 N–H and O–H groups in total. The lowest BCUT2D eigenvalue weighted by atomic mass is 10.1. The van der Waals surface area contributed by atoms with Crippen LogP contribution in [0, 0.1) is 0 Å². The molecule has 1 aromatic carbocycles. The molecule has 0 atom stereocenters. The molecule has 23 heavy (non-hydrogen) atoms. The fourth-order valence-corrected chi connectivity index (χ4v) is 2.33. The lowest BCUT2D eigenvalue weighted by Crippen LogP contribution is -2.61. The molecule has 0 spiro atoms. The van der Waals surface area contributed by atoms with Gasteiger partial charge in [0.15, 0.2) is 0 Å². The van der Waals surface area contributed by atoms with Gasteiger partial charge in [-0.05, 0) is 30.2 Å². The molecule has 0 radical (unpaired) electrons. The van der Waals surface area contributed by atoms with Gasteiger partial charge in [-0.2, -0.15) is 0 Å². The van der Waals surface area contributed by atoms with E-state index in [9.17, 15) is 14.4 Å². The quantitative estimate of drug-likeness (QED) is 0.670. The van der Waals surface area contributed by atoms with E-state index < -0.39 is 6.03 Å². The van der Waals surface area contributed by atoms with Crippen LogP contribution >= 0.6 is 0 Å². The highest BCUT2D eigenvalue weighted by atomic mass is 16.2. The molecule has 0 aromatic heterocycles. The minimum Gasteiger partial charge on any atom is -0.352 e. The van der Waals surface area contributed by atoms with Crippen molar-refractivity contribution >= 4 is 23.5 Å². The summed E-state index contributed by atoms with van der Waals surface area (Å²) in [7, 11) is 0. The summed E-state index contributed by atoms with van der Waals surface area (Å²) in [5.74, 6) is -0.207. The minimum atomic E-state index is -0.564. The molecule has 1 fully saturated rings. The summed E-state index contributed by atoms with van der Waals surface area (Å²) in [5, 5.41) is 5.23. The van der Waals surface area contributed by atoms with Gasteiger partial charge < -0.3 is 21.3 Å². The molecular weight excluding hydrogens is 296 g/mol. The van der Waals surface area contributed by atoms with Crippen molar-refractivity contribution in [1.82, 2.24) is 10.2 Å². The van der Waals surface area contributed by atoms with Gasteiger partial charge in [0.05, 0.1) is 6.04 Å². The van der Waals surface area contributed by atoms with Crippen LogP contribution in [0.1, 0.15) is 12.0 Å².